The van der Waals surface area contributed by atoms with E-state index in [2.05, 4.69) is 0 Å². The van der Waals surface area contributed by atoms with Crippen molar-refractivity contribution < 1.29 is 32.6 Å². The number of halogens is 4. The van der Waals surface area contributed by atoms with E-state index in [1.807, 2.05) is 0 Å². The number of carbonyl (C=O) groups is 2. The van der Waals surface area contributed by atoms with E-state index in [1.165, 1.54) is 0 Å². The molecule has 1 aromatic rings. The summed E-state index contributed by atoms with van der Waals surface area (Å²) >= 11 is 5.88. The Labute approximate surface area is 141 Å². The highest BCUT2D eigenvalue weighted by Gasteiger charge is 2.53. The summed E-state index contributed by atoms with van der Waals surface area (Å²) in [5, 5.41) is 9.28. The number of amides is 1. The summed E-state index contributed by atoms with van der Waals surface area (Å²) in [6.45, 7) is -1.16. The van der Waals surface area contributed by atoms with Crippen LogP contribution in [0.25, 0.3) is 0 Å². The highest BCUT2D eigenvalue weighted by atomic mass is 35.5. The van der Waals surface area contributed by atoms with Gasteiger partial charge in [-0.1, -0.05) is 23.7 Å². The second-order valence-electron chi connectivity index (χ2n) is 5.42. The summed E-state index contributed by atoms with van der Waals surface area (Å²) in [4.78, 5) is 23.9. The number of carbonyl (C=O) groups excluding carboxylic acids is 1. The first-order valence-corrected chi connectivity index (χ1v) is 7.52. The quantitative estimate of drug-likeness (QED) is 0.871. The molecule has 1 fully saturated rings. The lowest BCUT2D eigenvalue weighted by Crippen LogP contribution is -2.34. The smallest absolute Gasteiger partial charge is 0.394 e. The monoisotopic (exact) mass is 365 g/mol. The minimum Gasteiger partial charge on any atom is -0.491 e. The number of aliphatic carboxylic acids is 1. The molecule has 0 radical (unpaired) electrons. The Morgan fingerprint density at radius 2 is 1.96 bits per heavy atom. The normalized spacial score (nSPS) is 20.9. The number of hydrogen-bond acceptors (Lipinski definition) is 3. The van der Waals surface area contributed by atoms with Crippen LogP contribution in [0, 0.1) is 11.8 Å². The fourth-order valence-corrected chi connectivity index (χ4v) is 2.75. The Balaban J connectivity index is 1.91. The standard InChI is InChI=1S/C15H15ClF3NO4/c16-11-3-1-2-4-12(11)24-6-5-13(21)20-7-9(14(22)23)10(8-20)15(17,18)19/h1-4,9-10H,5-8H2,(H,22,23)/t9-,10-/m1/s1. The van der Waals surface area contributed by atoms with Crippen LogP contribution in [0.5, 0.6) is 5.75 Å². The second-order valence-corrected chi connectivity index (χ2v) is 5.83. The van der Waals surface area contributed by atoms with Gasteiger partial charge < -0.3 is 14.7 Å². The summed E-state index contributed by atoms with van der Waals surface area (Å²) in [7, 11) is 0. The molecule has 1 aliphatic rings. The van der Waals surface area contributed by atoms with Crippen LogP contribution in [0.3, 0.4) is 0 Å². The molecule has 2 rings (SSSR count). The number of ether oxygens (including phenoxy) is 1. The Bertz CT molecular complexity index is 623. The highest BCUT2D eigenvalue weighted by molar-refractivity contribution is 6.32. The number of likely N-dealkylation sites (tertiary alicyclic amines) is 1. The summed E-state index contributed by atoms with van der Waals surface area (Å²) in [5.41, 5.74) is 0. The van der Waals surface area contributed by atoms with Crippen molar-refractivity contribution in [3.63, 3.8) is 0 Å². The lowest BCUT2D eigenvalue weighted by Gasteiger charge is -2.18. The molecular formula is C15H15ClF3NO4. The van der Waals surface area contributed by atoms with Crippen molar-refractivity contribution in [1.82, 2.24) is 4.90 Å². The van der Waals surface area contributed by atoms with Crippen LogP contribution in [0.1, 0.15) is 6.42 Å². The third-order valence-electron chi connectivity index (χ3n) is 3.82. The molecule has 1 aromatic carbocycles. The van der Waals surface area contributed by atoms with Gasteiger partial charge in [-0.25, -0.2) is 0 Å². The first-order chi connectivity index (χ1) is 11.2. The SMILES string of the molecule is O=C(O)[C@@H]1CN(C(=O)CCOc2ccccc2Cl)C[C@H]1C(F)(F)F. The van der Waals surface area contributed by atoms with Crippen LogP contribution >= 0.6 is 11.6 Å². The van der Waals surface area contributed by atoms with Gasteiger partial charge in [0.05, 0.1) is 29.9 Å². The van der Waals surface area contributed by atoms with Crippen LogP contribution in [0.15, 0.2) is 24.3 Å². The zero-order chi connectivity index (χ0) is 17.9. The molecule has 5 nitrogen and oxygen atoms in total. The lowest BCUT2D eigenvalue weighted by atomic mass is 9.96. The van der Waals surface area contributed by atoms with Gasteiger partial charge in [0.2, 0.25) is 5.91 Å². The van der Waals surface area contributed by atoms with Crippen molar-refractivity contribution in [2.24, 2.45) is 11.8 Å². The van der Waals surface area contributed by atoms with Gasteiger partial charge in [0.15, 0.2) is 0 Å². The summed E-state index contributed by atoms with van der Waals surface area (Å²) in [6.07, 6.45) is -4.83. The lowest BCUT2D eigenvalue weighted by molar-refractivity contribution is -0.188. The maximum atomic E-state index is 12.9. The van der Waals surface area contributed by atoms with E-state index in [9.17, 15) is 22.8 Å². The Morgan fingerprint density at radius 1 is 1.29 bits per heavy atom. The first-order valence-electron chi connectivity index (χ1n) is 7.14. The molecule has 1 saturated heterocycles. The first kappa shape index (κ1) is 18.4. The van der Waals surface area contributed by atoms with Gasteiger partial charge in [-0.15, -0.1) is 0 Å². The number of alkyl halides is 3. The second kappa shape index (κ2) is 7.29. The van der Waals surface area contributed by atoms with Gasteiger partial charge in [0.25, 0.3) is 0 Å². The topological polar surface area (TPSA) is 66.8 Å². The molecule has 1 N–H and O–H groups in total. The molecular weight excluding hydrogens is 351 g/mol. The maximum Gasteiger partial charge on any atom is 0.394 e. The Hall–Kier alpha value is -1.96. The Kier molecular flexibility index (Phi) is 5.58. The van der Waals surface area contributed by atoms with Crippen molar-refractivity contribution in [3.8, 4) is 5.75 Å². The number of para-hydroxylation sites is 1. The van der Waals surface area contributed by atoms with Crippen molar-refractivity contribution in [2.45, 2.75) is 12.6 Å². The zero-order valence-corrected chi connectivity index (χ0v) is 13.2. The summed E-state index contributed by atoms with van der Waals surface area (Å²) in [5.74, 6) is -5.47. The summed E-state index contributed by atoms with van der Waals surface area (Å²) < 4.78 is 44.0. The molecule has 0 bridgehead atoms. The van der Waals surface area contributed by atoms with E-state index in [0.29, 0.717) is 10.8 Å². The molecule has 132 valence electrons. The number of hydrogen-bond donors (Lipinski definition) is 1. The number of rotatable bonds is 5. The van der Waals surface area contributed by atoms with E-state index in [-0.39, 0.29) is 13.0 Å². The molecule has 0 unspecified atom stereocenters. The molecule has 0 aliphatic carbocycles. The largest absolute Gasteiger partial charge is 0.491 e. The molecule has 1 amide bonds. The van der Waals surface area contributed by atoms with Gasteiger partial charge >= 0.3 is 12.1 Å². The molecule has 0 aromatic heterocycles. The highest BCUT2D eigenvalue weighted by Crippen LogP contribution is 2.37. The minimum atomic E-state index is -4.66. The summed E-state index contributed by atoms with van der Waals surface area (Å²) in [6, 6.07) is 6.59. The van der Waals surface area contributed by atoms with Crippen molar-refractivity contribution in [1.29, 1.82) is 0 Å². The van der Waals surface area contributed by atoms with Crippen molar-refractivity contribution in [2.75, 3.05) is 19.7 Å². The number of benzene rings is 1. The van der Waals surface area contributed by atoms with E-state index < -0.39 is 43.0 Å². The molecule has 0 spiro atoms. The van der Waals surface area contributed by atoms with Crippen molar-refractivity contribution >= 4 is 23.5 Å². The molecule has 1 heterocycles. The van der Waals surface area contributed by atoms with Gasteiger partial charge in [0, 0.05) is 13.1 Å². The van der Waals surface area contributed by atoms with Gasteiger partial charge in [-0.3, -0.25) is 9.59 Å². The minimum absolute atomic E-state index is 0.0620. The van der Waals surface area contributed by atoms with Crippen molar-refractivity contribution in [3.05, 3.63) is 29.3 Å². The molecule has 2 atom stereocenters. The Morgan fingerprint density at radius 3 is 2.50 bits per heavy atom. The van der Waals surface area contributed by atoms with Crippen LogP contribution in [0.2, 0.25) is 5.02 Å². The number of carboxylic acid groups (broad SMARTS) is 1. The van der Waals surface area contributed by atoms with E-state index in [0.717, 1.165) is 4.90 Å². The van der Waals surface area contributed by atoms with Gasteiger partial charge in [-0.2, -0.15) is 13.2 Å². The van der Waals surface area contributed by atoms with E-state index in [1.54, 1.807) is 24.3 Å². The van der Waals surface area contributed by atoms with Crippen LogP contribution < -0.4 is 4.74 Å². The molecule has 9 heteroatoms. The predicted molar refractivity (Wildman–Crippen MR) is 78.8 cm³/mol. The fourth-order valence-electron chi connectivity index (χ4n) is 2.56. The molecule has 24 heavy (non-hydrogen) atoms. The van der Waals surface area contributed by atoms with Gasteiger partial charge in [-0.05, 0) is 12.1 Å². The maximum absolute atomic E-state index is 12.9. The average molecular weight is 366 g/mol. The fraction of sp³-hybridized carbons (Fsp3) is 0.467. The predicted octanol–water partition coefficient (Wildman–Crippen LogP) is 2.83. The third-order valence-corrected chi connectivity index (χ3v) is 4.13. The van der Waals surface area contributed by atoms with E-state index >= 15 is 0 Å². The zero-order valence-electron chi connectivity index (χ0n) is 12.4. The van der Waals surface area contributed by atoms with Crippen LogP contribution in [0.4, 0.5) is 13.2 Å². The van der Waals surface area contributed by atoms with Crippen LogP contribution in [-0.4, -0.2) is 47.8 Å². The van der Waals surface area contributed by atoms with E-state index in [4.69, 9.17) is 21.4 Å². The average Bonchev–Trinajstić information content (AvgIpc) is 2.95. The molecule has 1 aliphatic heterocycles. The number of carboxylic acids is 1. The molecule has 0 saturated carbocycles. The van der Waals surface area contributed by atoms with Crippen LogP contribution in [-0.2, 0) is 9.59 Å². The number of nitrogens with zero attached hydrogens (tertiary/aromatic N) is 1. The third kappa shape index (κ3) is 4.31. The van der Waals surface area contributed by atoms with Gasteiger partial charge in [0.1, 0.15) is 5.75 Å².